The number of carbonyl (C=O) groups is 1. The number of ether oxygens (including phenoxy) is 3. The van der Waals surface area contributed by atoms with Crippen molar-refractivity contribution >= 4 is 5.97 Å². The zero-order valence-electron chi connectivity index (χ0n) is 7.41. The number of hydrogen-bond donors (Lipinski definition) is 0. The minimum atomic E-state index is -0.379. The average Bonchev–Trinajstić information content (AvgIpc) is 2.52. The second-order valence-electron chi connectivity index (χ2n) is 2.90. The van der Waals surface area contributed by atoms with Crippen LogP contribution >= 0.6 is 0 Å². The SMILES string of the molecule is COC[C@@H]1CO[C@H](C(=O)OC)C1. The van der Waals surface area contributed by atoms with Crippen molar-refractivity contribution in [2.24, 2.45) is 5.92 Å². The molecule has 4 heteroatoms. The zero-order chi connectivity index (χ0) is 8.97. The first kappa shape index (κ1) is 9.48. The molecule has 70 valence electrons. The molecule has 0 unspecified atom stereocenters. The summed E-state index contributed by atoms with van der Waals surface area (Å²) in [6.07, 6.45) is 0.329. The molecular formula is C8H14O4. The van der Waals surface area contributed by atoms with Crippen molar-refractivity contribution in [3.05, 3.63) is 0 Å². The minimum Gasteiger partial charge on any atom is -0.467 e. The van der Waals surface area contributed by atoms with Crippen molar-refractivity contribution in [3.63, 3.8) is 0 Å². The molecule has 0 spiro atoms. The Morgan fingerprint density at radius 2 is 2.33 bits per heavy atom. The van der Waals surface area contributed by atoms with Crippen molar-refractivity contribution in [2.45, 2.75) is 12.5 Å². The van der Waals surface area contributed by atoms with Gasteiger partial charge in [0.15, 0.2) is 6.10 Å². The standard InChI is InChI=1S/C8H14O4/c1-10-4-6-3-7(12-5-6)8(9)11-2/h6-7H,3-5H2,1-2H3/t6-,7+/m1/s1. The van der Waals surface area contributed by atoms with Gasteiger partial charge in [-0.15, -0.1) is 0 Å². The summed E-state index contributed by atoms with van der Waals surface area (Å²) in [5, 5.41) is 0. The minimum absolute atomic E-state index is 0.284. The molecule has 0 aliphatic carbocycles. The summed E-state index contributed by atoms with van der Waals surface area (Å²) in [5.74, 6) is 0.0488. The molecule has 0 aromatic carbocycles. The van der Waals surface area contributed by atoms with Crippen molar-refractivity contribution in [1.82, 2.24) is 0 Å². The summed E-state index contributed by atoms with van der Waals surface area (Å²) < 4.78 is 14.7. The third-order valence-electron chi connectivity index (χ3n) is 1.95. The lowest BCUT2D eigenvalue weighted by Gasteiger charge is -2.05. The molecule has 0 N–H and O–H groups in total. The van der Waals surface area contributed by atoms with E-state index >= 15 is 0 Å². The topological polar surface area (TPSA) is 44.8 Å². The van der Waals surface area contributed by atoms with Crippen LogP contribution < -0.4 is 0 Å². The van der Waals surface area contributed by atoms with Crippen LogP contribution in [0.1, 0.15) is 6.42 Å². The van der Waals surface area contributed by atoms with Crippen molar-refractivity contribution in [3.8, 4) is 0 Å². The van der Waals surface area contributed by atoms with Gasteiger partial charge in [-0.1, -0.05) is 0 Å². The lowest BCUT2D eigenvalue weighted by atomic mass is 10.1. The van der Waals surface area contributed by atoms with Crippen LogP contribution in [0.3, 0.4) is 0 Å². The normalized spacial score (nSPS) is 28.8. The summed E-state index contributed by atoms with van der Waals surface area (Å²) in [7, 11) is 3.01. The highest BCUT2D eigenvalue weighted by atomic mass is 16.6. The number of methoxy groups -OCH3 is 2. The Labute approximate surface area is 71.8 Å². The van der Waals surface area contributed by atoms with Gasteiger partial charge >= 0.3 is 5.97 Å². The van der Waals surface area contributed by atoms with Crippen LogP contribution in [-0.4, -0.2) is 39.5 Å². The first-order chi connectivity index (χ1) is 5.77. The molecule has 0 amide bonds. The molecular weight excluding hydrogens is 160 g/mol. The Balaban J connectivity index is 2.30. The third kappa shape index (κ3) is 2.19. The third-order valence-corrected chi connectivity index (χ3v) is 1.95. The van der Waals surface area contributed by atoms with Crippen LogP contribution in [-0.2, 0) is 19.0 Å². The van der Waals surface area contributed by atoms with E-state index in [1.807, 2.05) is 0 Å². The van der Waals surface area contributed by atoms with Gasteiger partial charge in [0.2, 0.25) is 0 Å². The van der Waals surface area contributed by atoms with Gasteiger partial charge in [0, 0.05) is 13.0 Å². The van der Waals surface area contributed by atoms with Gasteiger partial charge in [-0.3, -0.25) is 0 Å². The van der Waals surface area contributed by atoms with Crippen molar-refractivity contribution < 1.29 is 19.0 Å². The molecule has 12 heavy (non-hydrogen) atoms. The molecule has 1 aliphatic heterocycles. The predicted octanol–water partition coefficient (Wildman–Crippen LogP) is 0.211. The Kier molecular flexibility index (Phi) is 3.49. The monoisotopic (exact) mass is 174 g/mol. The second-order valence-corrected chi connectivity index (χ2v) is 2.90. The Morgan fingerprint density at radius 3 is 2.92 bits per heavy atom. The van der Waals surface area contributed by atoms with Crippen molar-refractivity contribution in [1.29, 1.82) is 0 Å². The Hall–Kier alpha value is -0.610. The van der Waals surface area contributed by atoms with E-state index in [-0.39, 0.29) is 12.1 Å². The lowest BCUT2D eigenvalue weighted by Crippen LogP contribution is -2.21. The van der Waals surface area contributed by atoms with Gasteiger partial charge in [0.1, 0.15) is 0 Å². The molecule has 1 rings (SSSR count). The molecule has 0 radical (unpaired) electrons. The van der Waals surface area contributed by atoms with E-state index in [2.05, 4.69) is 4.74 Å². The van der Waals surface area contributed by atoms with Gasteiger partial charge in [-0.2, -0.15) is 0 Å². The maximum absolute atomic E-state index is 11.0. The van der Waals surface area contributed by atoms with Crippen molar-refractivity contribution in [2.75, 3.05) is 27.4 Å². The second kappa shape index (κ2) is 4.42. The number of carbonyl (C=O) groups excluding carboxylic acids is 1. The molecule has 0 bridgehead atoms. The zero-order valence-corrected chi connectivity index (χ0v) is 7.41. The molecule has 1 heterocycles. The van der Waals surface area contributed by atoms with E-state index in [0.717, 1.165) is 0 Å². The van der Waals surface area contributed by atoms with Crippen LogP contribution in [0.25, 0.3) is 0 Å². The molecule has 1 saturated heterocycles. The highest BCUT2D eigenvalue weighted by Gasteiger charge is 2.31. The summed E-state index contributed by atoms with van der Waals surface area (Å²) in [6.45, 7) is 1.24. The molecule has 2 atom stereocenters. The van der Waals surface area contributed by atoms with Crippen LogP contribution in [0.2, 0.25) is 0 Å². The van der Waals surface area contributed by atoms with Crippen LogP contribution in [0, 0.1) is 5.92 Å². The first-order valence-corrected chi connectivity index (χ1v) is 3.96. The van der Waals surface area contributed by atoms with Crippen LogP contribution in [0.4, 0.5) is 0 Å². The molecule has 0 aromatic rings. The Bertz CT molecular complexity index is 157. The maximum atomic E-state index is 11.0. The van der Waals surface area contributed by atoms with Gasteiger partial charge in [-0.05, 0) is 6.42 Å². The maximum Gasteiger partial charge on any atom is 0.334 e. The molecule has 0 saturated carbocycles. The van der Waals surface area contributed by atoms with E-state index in [0.29, 0.717) is 25.6 Å². The number of esters is 1. The van der Waals surface area contributed by atoms with Gasteiger partial charge < -0.3 is 14.2 Å². The Morgan fingerprint density at radius 1 is 1.58 bits per heavy atom. The van der Waals surface area contributed by atoms with Crippen LogP contribution in [0.5, 0.6) is 0 Å². The molecule has 1 aliphatic rings. The van der Waals surface area contributed by atoms with E-state index < -0.39 is 0 Å². The fourth-order valence-electron chi connectivity index (χ4n) is 1.34. The van der Waals surface area contributed by atoms with E-state index in [4.69, 9.17) is 9.47 Å². The number of rotatable bonds is 3. The van der Waals surface area contributed by atoms with Crippen LogP contribution in [0.15, 0.2) is 0 Å². The van der Waals surface area contributed by atoms with E-state index in [9.17, 15) is 4.79 Å². The highest BCUT2D eigenvalue weighted by molar-refractivity contribution is 5.74. The lowest BCUT2D eigenvalue weighted by molar-refractivity contribution is -0.151. The smallest absolute Gasteiger partial charge is 0.334 e. The van der Waals surface area contributed by atoms with E-state index in [1.54, 1.807) is 7.11 Å². The molecule has 1 fully saturated rings. The molecule has 0 aromatic heterocycles. The fourth-order valence-corrected chi connectivity index (χ4v) is 1.34. The quantitative estimate of drug-likeness (QED) is 0.574. The summed E-state index contributed by atoms with van der Waals surface area (Å²) in [4.78, 5) is 11.0. The predicted molar refractivity (Wildman–Crippen MR) is 41.7 cm³/mol. The highest BCUT2D eigenvalue weighted by Crippen LogP contribution is 2.20. The van der Waals surface area contributed by atoms with Gasteiger partial charge in [0.05, 0.1) is 20.3 Å². The summed E-state index contributed by atoms with van der Waals surface area (Å²) >= 11 is 0. The molecule has 4 nitrogen and oxygen atoms in total. The van der Waals surface area contributed by atoms with Gasteiger partial charge in [-0.25, -0.2) is 4.79 Å². The fraction of sp³-hybridized carbons (Fsp3) is 0.875. The summed E-state index contributed by atoms with van der Waals surface area (Å²) in [5.41, 5.74) is 0. The van der Waals surface area contributed by atoms with E-state index in [1.165, 1.54) is 7.11 Å². The first-order valence-electron chi connectivity index (χ1n) is 3.96. The number of hydrogen-bond acceptors (Lipinski definition) is 4. The summed E-state index contributed by atoms with van der Waals surface area (Å²) in [6, 6.07) is 0. The largest absolute Gasteiger partial charge is 0.467 e. The average molecular weight is 174 g/mol. The van der Waals surface area contributed by atoms with Gasteiger partial charge in [0.25, 0.3) is 0 Å².